The van der Waals surface area contributed by atoms with Crippen LogP contribution < -0.4 is 5.32 Å². The van der Waals surface area contributed by atoms with Gasteiger partial charge in [-0.2, -0.15) is 5.26 Å². The van der Waals surface area contributed by atoms with Crippen molar-refractivity contribution in [1.82, 2.24) is 4.90 Å². The summed E-state index contributed by atoms with van der Waals surface area (Å²) in [5, 5.41) is 12.9. The number of thioether (sulfide) groups is 1. The van der Waals surface area contributed by atoms with Gasteiger partial charge in [-0.3, -0.25) is 9.59 Å². The van der Waals surface area contributed by atoms with Crippen molar-refractivity contribution in [2.45, 2.75) is 13.0 Å². The second-order valence-corrected chi connectivity index (χ2v) is 8.05. The Hall–Kier alpha value is -2.95. The summed E-state index contributed by atoms with van der Waals surface area (Å²) in [5.41, 5.74) is 2.26. The first-order chi connectivity index (χ1) is 14.0. The molecule has 2 amide bonds. The Kier molecular flexibility index (Phi) is 5.22. The third-order valence-electron chi connectivity index (χ3n) is 4.84. The summed E-state index contributed by atoms with van der Waals surface area (Å²) in [6.45, 7) is 1.81. The minimum Gasteiger partial charge on any atom is -0.449 e. The number of anilines is 1. The van der Waals surface area contributed by atoms with Crippen molar-refractivity contribution in [1.29, 1.82) is 5.26 Å². The van der Waals surface area contributed by atoms with Gasteiger partial charge in [0.1, 0.15) is 6.04 Å². The van der Waals surface area contributed by atoms with Crippen LogP contribution in [0.3, 0.4) is 0 Å². The van der Waals surface area contributed by atoms with Gasteiger partial charge in [0.25, 0.3) is 5.91 Å². The number of furan rings is 1. The molecule has 1 fully saturated rings. The summed E-state index contributed by atoms with van der Waals surface area (Å²) in [7, 11) is 0. The van der Waals surface area contributed by atoms with E-state index in [1.165, 1.54) is 16.7 Å². The third kappa shape index (κ3) is 3.57. The minimum absolute atomic E-state index is 0.201. The number of rotatable bonds is 3. The topological polar surface area (TPSA) is 86.3 Å². The fourth-order valence-electron chi connectivity index (χ4n) is 3.26. The summed E-state index contributed by atoms with van der Waals surface area (Å²) in [4.78, 5) is 27.5. The van der Waals surface area contributed by atoms with Crippen LogP contribution >= 0.6 is 23.4 Å². The summed E-state index contributed by atoms with van der Waals surface area (Å²) < 4.78 is 5.78. The number of nitrogens with one attached hydrogen (secondary N) is 1. The zero-order chi connectivity index (χ0) is 20.5. The summed E-state index contributed by atoms with van der Waals surface area (Å²) >= 11 is 7.70. The molecule has 0 spiro atoms. The number of benzene rings is 2. The van der Waals surface area contributed by atoms with Crippen LogP contribution in [0.2, 0.25) is 5.02 Å². The Morgan fingerprint density at radius 1 is 1.28 bits per heavy atom. The molecule has 4 rings (SSSR count). The Balaban J connectivity index is 1.57. The maximum Gasteiger partial charge on any atom is 0.291 e. The van der Waals surface area contributed by atoms with Crippen LogP contribution in [-0.4, -0.2) is 34.4 Å². The van der Waals surface area contributed by atoms with E-state index in [1.54, 1.807) is 36.4 Å². The van der Waals surface area contributed by atoms with Crippen molar-refractivity contribution in [2.75, 3.05) is 16.9 Å². The van der Waals surface area contributed by atoms with E-state index in [2.05, 4.69) is 5.32 Å². The average molecular weight is 426 g/mol. The number of amides is 2. The van der Waals surface area contributed by atoms with Gasteiger partial charge in [0.2, 0.25) is 5.91 Å². The maximum absolute atomic E-state index is 13.2. The van der Waals surface area contributed by atoms with Crippen molar-refractivity contribution in [3.63, 3.8) is 0 Å². The number of fused-ring (bicyclic) bond motifs is 1. The van der Waals surface area contributed by atoms with E-state index in [-0.39, 0.29) is 17.6 Å². The van der Waals surface area contributed by atoms with E-state index in [0.717, 1.165) is 5.39 Å². The molecular formula is C21H16ClN3O3S. The molecule has 1 aromatic heterocycles. The Labute approximate surface area is 176 Å². The van der Waals surface area contributed by atoms with Crippen LogP contribution in [0.5, 0.6) is 0 Å². The largest absolute Gasteiger partial charge is 0.449 e. The molecule has 6 nitrogen and oxygen atoms in total. The normalized spacial score (nSPS) is 16.0. The van der Waals surface area contributed by atoms with Gasteiger partial charge in [-0.25, -0.2) is 0 Å². The van der Waals surface area contributed by atoms with Crippen molar-refractivity contribution in [2.24, 2.45) is 0 Å². The monoisotopic (exact) mass is 425 g/mol. The van der Waals surface area contributed by atoms with Gasteiger partial charge in [0, 0.05) is 22.4 Å². The average Bonchev–Trinajstić information content (AvgIpc) is 3.34. The number of hydrogen-bond donors (Lipinski definition) is 1. The molecule has 3 aromatic rings. The molecule has 0 aliphatic carbocycles. The van der Waals surface area contributed by atoms with Crippen LogP contribution in [-0.2, 0) is 4.79 Å². The molecule has 146 valence electrons. The van der Waals surface area contributed by atoms with Gasteiger partial charge < -0.3 is 14.6 Å². The number of hydrogen-bond acceptors (Lipinski definition) is 5. The Morgan fingerprint density at radius 2 is 2.03 bits per heavy atom. The number of aryl methyl sites for hydroxylation is 1. The third-order valence-corrected chi connectivity index (χ3v) is 6.15. The minimum atomic E-state index is -0.619. The number of para-hydroxylation sites is 1. The van der Waals surface area contributed by atoms with Crippen LogP contribution in [0, 0.1) is 18.3 Å². The molecule has 1 aliphatic heterocycles. The number of carbonyl (C=O) groups is 2. The van der Waals surface area contributed by atoms with Gasteiger partial charge in [0.15, 0.2) is 11.3 Å². The lowest BCUT2D eigenvalue weighted by Gasteiger charge is -2.22. The SMILES string of the molecule is Cc1c(C(=O)N2CSCC2C(=O)Nc2ccc(C#N)cc2)oc2c(Cl)cccc12. The van der Waals surface area contributed by atoms with E-state index in [9.17, 15) is 9.59 Å². The first-order valence-corrected chi connectivity index (χ1v) is 10.4. The standard InChI is InChI=1S/C21H16ClN3O3S/c1-12-15-3-2-4-16(22)19(15)28-18(12)21(27)25-11-29-10-17(25)20(26)24-14-7-5-13(9-23)6-8-14/h2-8,17H,10-11H2,1H3,(H,24,26). The Morgan fingerprint density at radius 3 is 2.72 bits per heavy atom. The zero-order valence-corrected chi connectivity index (χ0v) is 17.0. The van der Waals surface area contributed by atoms with Crippen molar-refractivity contribution in [3.05, 3.63) is 64.4 Å². The number of nitrogens with zero attached hydrogens (tertiary/aromatic N) is 2. The van der Waals surface area contributed by atoms with Crippen molar-refractivity contribution < 1.29 is 14.0 Å². The second kappa shape index (κ2) is 7.82. The summed E-state index contributed by atoms with van der Waals surface area (Å²) in [5.74, 6) is 0.480. The second-order valence-electron chi connectivity index (χ2n) is 6.64. The summed E-state index contributed by atoms with van der Waals surface area (Å²) in [6, 6.07) is 13.4. The number of nitriles is 1. The smallest absolute Gasteiger partial charge is 0.291 e. The molecule has 29 heavy (non-hydrogen) atoms. The first kappa shape index (κ1) is 19.4. The van der Waals surface area contributed by atoms with E-state index in [4.69, 9.17) is 21.3 Å². The van der Waals surface area contributed by atoms with Crippen molar-refractivity contribution in [3.8, 4) is 6.07 Å². The quantitative estimate of drug-likeness (QED) is 0.671. The van der Waals surface area contributed by atoms with E-state index < -0.39 is 6.04 Å². The number of carbonyl (C=O) groups excluding carboxylic acids is 2. The predicted octanol–water partition coefficient (Wildman–Crippen LogP) is 4.42. The lowest BCUT2D eigenvalue weighted by molar-refractivity contribution is -0.119. The molecule has 1 unspecified atom stereocenters. The molecular weight excluding hydrogens is 410 g/mol. The lowest BCUT2D eigenvalue weighted by atomic mass is 10.1. The molecule has 2 heterocycles. The van der Waals surface area contributed by atoms with E-state index >= 15 is 0 Å². The molecule has 0 saturated carbocycles. The van der Waals surface area contributed by atoms with Gasteiger partial charge in [-0.05, 0) is 37.3 Å². The van der Waals surface area contributed by atoms with Gasteiger partial charge >= 0.3 is 0 Å². The highest BCUT2D eigenvalue weighted by Crippen LogP contribution is 2.33. The fourth-order valence-corrected chi connectivity index (χ4v) is 4.62. The van der Waals surface area contributed by atoms with Crippen LogP contribution in [0.4, 0.5) is 5.69 Å². The highest BCUT2D eigenvalue weighted by molar-refractivity contribution is 7.99. The molecule has 2 aromatic carbocycles. The van der Waals surface area contributed by atoms with Crippen LogP contribution in [0.1, 0.15) is 21.7 Å². The lowest BCUT2D eigenvalue weighted by Crippen LogP contribution is -2.44. The molecule has 1 aliphatic rings. The van der Waals surface area contributed by atoms with Crippen molar-refractivity contribution >= 4 is 51.8 Å². The predicted molar refractivity (Wildman–Crippen MR) is 113 cm³/mol. The highest BCUT2D eigenvalue weighted by Gasteiger charge is 2.37. The molecule has 8 heteroatoms. The van der Waals surface area contributed by atoms with E-state index in [0.29, 0.717) is 39.0 Å². The zero-order valence-electron chi connectivity index (χ0n) is 15.4. The molecule has 0 radical (unpaired) electrons. The molecule has 0 bridgehead atoms. The van der Waals surface area contributed by atoms with Gasteiger partial charge in [0.05, 0.1) is 22.5 Å². The molecule has 1 atom stereocenters. The fraction of sp³-hybridized carbons (Fsp3) is 0.190. The van der Waals surface area contributed by atoms with Gasteiger partial charge in [-0.1, -0.05) is 23.7 Å². The Bertz CT molecular complexity index is 1150. The molecule has 1 saturated heterocycles. The highest BCUT2D eigenvalue weighted by atomic mass is 35.5. The maximum atomic E-state index is 13.2. The van der Waals surface area contributed by atoms with E-state index in [1.807, 2.05) is 19.1 Å². The van der Waals surface area contributed by atoms with Crippen LogP contribution in [0.15, 0.2) is 46.9 Å². The number of halogens is 1. The molecule has 1 N–H and O–H groups in total. The van der Waals surface area contributed by atoms with Crippen LogP contribution in [0.25, 0.3) is 11.0 Å². The van der Waals surface area contributed by atoms with Gasteiger partial charge in [-0.15, -0.1) is 11.8 Å². The summed E-state index contributed by atoms with van der Waals surface area (Å²) in [6.07, 6.45) is 0. The first-order valence-electron chi connectivity index (χ1n) is 8.87.